The Bertz CT molecular complexity index is 3250. The molecule has 0 unspecified atom stereocenters. The van der Waals surface area contributed by atoms with Crippen molar-refractivity contribution in [2.24, 2.45) is 47.3 Å². The third-order valence-corrected chi connectivity index (χ3v) is 31.3. The lowest BCUT2D eigenvalue weighted by molar-refractivity contribution is -0.166. The highest BCUT2D eigenvalue weighted by Crippen LogP contribution is 2.33. The number of benzene rings is 1. The van der Waals surface area contributed by atoms with E-state index in [1.165, 1.54) is 78.6 Å². The third kappa shape index (κ3) is 25.9. The second kappa shape index (κ2) is 43.1. The number of nitrogens with one attached hydrogen (secondary N) is 5. The number of amides is 10. The van der Waals surface area contributed by atoms with Crippen LogP contribution in [0.2, 0.25) is 36.3 Å². The number of likely N-dealkylation sites (N-methyl/N-ethyl adjacent to an activating group) is 6. The zero-order valence-corrected chi connectivity index (χ0v) is 73.4. The summed E-state index contributed by atoms with van der Waals surface area (Å²) in [5.41, 5.74) is 1.52. The van der Waals surface area contributed by atoms with E-state index in [9.17, 15) is 14.4 Å². The van der Waals surface area contributed by atoms with Crippen molar-refractivity contribution in [1.29, 1.82) is 0 Å². The number of nitrogens with zero attached hydrogens (tertiary/aromatic N) is 7. The van der Waals surface area contributed by atoms with E-state index in [-0.39, 0.29) is 68.1 Å². The molecule has 3 rings (SSSR count). The van der Waals surface area contributed by atoms with Gasteiger partial charge in [-0.05, 0) is 142 Å². The van der Waals surface area contributed by atoms with E-state index in [2.05, 4.69) is 47.0 Å². The van der Waals surface area contributed by atoms with Gasteiger partial charge in [0.05, 0.1) is 29.8 Å². The quantitative estimate of drug-likeness (QED) is 0.0411. The number of cyclic esters (lactones) is 1. The van der Waals surface area contributed by atoms with E-state index in [1.807, 2.05) is 121 Å². The predicted molar refractivity (Wildman–Crippen MR) is 429 cm³/mol. The molecule has 0 saturated carbocycles. The molecule has 5 N–H and O–H groups in total. The van der Waals surface area contributed by atoms with E-state index < -0.39 is 179 Å². The Morgan fingerprint density at radius 2 is 0.889 bits per heavy atom. The maximum absolute atomic E-state index is 16.6. The normalized spacial score (nSPS) is 24.3. The molecule has 0 radical (unpaired) electrons. The Morgan fingerprint density at radius 3 is 1.32 bits per heavy atom. The number of rotatable bonds is 27. The summed E-state index contributed by atoms with van der Waals surface area (Å²) in [6.45, 7) is 42.6. The maximum atomic E-state index is 16.6. The van der Waals surface area contributed by atoms with E-state index in [1.54, 1.807) is 34.6 Å². The molecule has 28 heteroatoms. The fourth-order valence-corrected chi connectivity index (χ4v) is 20.6. The molecule has 13 atom stereocenters. The van der Waals surface area contributed by atoms with Crippen LogP contribution in [-0.4, -0.2) is 243 Å². The zero-order valence-electron chi connectivity index (χ0n) is 71.4. The molecule has 1 aromatic carbocycles. The zero-order chi connectivity index (χ0) is 82.5. The second-order valence-electron chi connectivity index (χ2n) is 33.5. The number of hydrogen-bond acceptors (Lipinski definition) is 15. The fourth-order valence-electron chi connectivity index (χ4n) is 14.8. The van der Waals surface area contributed by atoms with Crippen molar-refractivity contribution in [2.75, 3.05) is 48.8 Å². The lowest BCUT2D eigenvalue weighted by Crippen LogP contribution is -2.66. The topological polar surface area (TPSA) is 312 Å². The fraction of sp³-hybridized carbons (Fsp3) is 0.775. The first-order valence-electron chi connectivity index (χ1n) is 40.1. The van der Waals surface area contributed by atoms with Crippen LogP contribution in [0.5, 0.6) is 0 Å². The Morgan fingerprint density at radius 1 is 0.472 bits per heavy atom. The number of ether oxygens (including phenoxy) is 1. The highest BCUT2D eigenvalue weighted by molar-refractivity contribution is 6.74. The minimum absolute atomic E-state index is 0.0992. The van der Waals surface area contributed by atoms with Crippen LogP contribution < -0.4 is 21.3 Å². The third-order valence-electron chi connectivity index (χ3n) is 21.9. The largest absolute Gasteiger partial charge is 0.450 e. The van der Waals surface area contributed by atoms with Crippen molar-refractivity contribution >= 4 is 92.7 Å². The van der Waals surface area contributed by atoms with E-state index in [0.717, 1.165) is 11.0 Å². The molecule has 1 saturated heterocycles. The SMILES string of the molecule is CC[Si](CC)(CC)O[C@H]([C@H](C)Cc1nc2ccccc2[nH]1)[C@@H]1C(=O)N[C@@H]([C@@H](C)O[Si](CC)(CC)CC)C(=O)N(C)CC(=O)N(C)[C@@H](CC(C)C)C(=O)N[C@H](CC(C)C)C(=O)N(C)[C@H](CC(C)C)C(=O)N[C@@H](C)C(=O)O[C@@H](C(C)C)C(=O)N(C)[C@@H](CC(C)C)C(=O)N[C@@H](CC(C)C)C(=O)N(C)[C@H](C(C)C)C(=O)N1C. The number of hydrogen-bond donors (Lipinski definition) is 5. The summed E-state index contributed by atoms with van der Waals surface area (Å²) in [7, 11) is 3.33. The van der Waals surface area contributed by atoms with Crippen LogP contribution in [-0.2, 0) is 72.7 Å². The Labute approximate surface area is 649 Å². The van der Waals surface area contributed by atoms with E-state index in [0.29, 0.717) is 42.1 Å². The van der Waals surface area contributed by atoms with Crippen molar-refractivity contribution in [1.82, 2.24) is 60.6 Å². The first-order chi connectivity index (χ1) is 50.3. The molecule has 0 bridgehead atoms. The summed E-state index contributed by atoms with van der Waals surface area (Å²) >= 11 is 0. The average Bonchev–Trinajstić information content (AvgIpc) is 0.958. The van der Waals surface area contributed by atoms with E-state index in [4.69, 9.17) is 18.6 Å². The smallest absolute Gasteiger partial charge is 0.329 e. The molecule has 1 fully saturated rings. The molecule has 2 heterocycles. The standard InChI is InChI=1S/C80H142N12O14Si2/c1-30-107(31-2,32-3)105-56(23)66-77(100)87(24)46-65(93)88(25)61(42-49(11)12)72(95)84-59(40-47(7)8)75(98)89(26)62(43-50(13)14)71(94)81-55(22)80(103)104-69(53(19)20)79(102)90(27)63(44-51(15)16)73(96)85-60(41-48(9)10)76(99)91(28)67(52(17)18)78(101)92(29)68(74(97)86-66)70(106-108(33-4,34-5)35-6)54(21)45-64-82-57-38-36-37-39-58(57)83-64/h36-39,47-56,59-63,66-70H,30-35,40-46H2,1-29H3,(H,81,94)(H,82,83)(H,84,95)(H,85,96)(H,86,97)/t54-,55+,56-,59-,60+,61+,62-,63+,66+,67-,68-,69+,70-/m1/s1. The van der Waals surface area contributed by atoms with Gasteiger partial charge in [0.2, 0.25) is 53.2 Å². The van der Waals surface area contributed by atoms with Gasteiger partial charge in [-0.3, -0.25) is 47.9 Å². The monoisotopic (exact) mass is 1550 g/mol. The van der Waals surface area contributed by atoms with Gasteiger partial charge in [-0.1, -0.05) is 158 Å². The Hall–Kier alpha value is -6.79. The molecule has 1 aromatic heterocycles. The van der Waals surface area contributed by atoms with Gasteiger partial charge in [0.1, 0.15) is 60.2 Å². The number of para-hydroxylation sites is 2. The van der Waals surface area contributed by atoms with Crippen molar-refractivity contribution in [2.45, 2.75) is 307 Å². The van der Waals surface area contributed by atoms with Gasteiger partial charge < -0.3 is 69.2 Å². The molecule has 2 aromatic rings. The van der Waals surface area contributed by atoms with Gasteiger partial charge in [-0.15, -0.1) is 0 Å². The number of H-pyrrole nitrogens is 1. The number of aromatic amines is 1. The highest BCUT2D eigenvalue weighted by Gasteiger charge is 2.49. The van der Waals surface area contributed by atoms with Gasteiger partial charge in [0.25, 0.3) is 5.91 Å². The molecule has 1 aliphatic heterocycles. The number of fused-ring (bicyclic) bond motifs is 1. The lowest BCUT2D eigenvalue weighted by atomic mass is 9.91. The molecule has 1 aliphatic rings. The first-order valence-corrected chi connectivity index (χ1v) is 45.1. The Kier molecular flexibility index (Phi) is 38.1. The van der Waals surface area contributed by atoms with Gasteiger partial charge in [-0.2, -0.15) is 0 Å². The molecule has 108 heavy (non-hydrogen) atoms. The summed E-state index contributed by atoms with van der Waals surface area (Å²) in [5, 5.41) is 11.8. The van der Waals surface area contributed by atoms with Crippen LogP contribution in [0.15, 0.2) is 24.3 Å². The maximum Gasteiger partial charge on any atom is 0.329 e. The highest BCUT2D eigenvalue weighted by atomic mass is 28.4. The number of carbonyl (C=O) groups excluding carboxylic acids is 11. The molecular weight excluding hydrogens is 1410 g/mol. The average molecular weight is 1550 g/mol. The van der Waals surface area contributed by atoms with Gasteiger partial charge in [0, 0.05) is 48.7 Å². The van der Waals surface area contributed by atoms with Crippen molar-refractivity contribution in [3.63, 3.8) is 0 Å². The second-order valence-corrected chi connectivity index (χ2v) is 43.0. The summed E-state index contributed by atoms with van der Waals surface area (Å²) < 4.78 is 20.7. The Balaban J connectivity index is 2.61. The molecule has 26 nitrogen and oxygen atoms in total. The van der Waals surface area contributed by atoms with Gasteiger partial charge in [-0.25, -0.2) is 9.78 Å². The summed E-state index contributed by atoms with van der Waals surface area (Å²) in [5.74, 6) is -9.92. The number of imidazole rings is 1. The minimum Gasteiger partial charge on any atom is -0.450 e. The molecule has 614 valence electrons. The molecule has 0 aliphatic carbocycles. The van der Waals surface area contributed by atoms with Crippen LogP contribution in [0.1, 0.15) is 197 Å². The van der Waals surface area contributed by atoms with Crippen LogP contribution in [0, 0.1) is 47.3 Å². The van der Waals surface area contributed by atoms with Crippen molar-refractivity contribution in [3.05, 3.63) is 30.1 Å². The number of aromatic nitrogens is 2. The number of esters is 1. The molecule has 10 amide bonds. The predicted octanol–water partition coefficient (Wildman–Crippen LogP) is 9.56. The minimum atomic E-state index is -2.82. The van der Waals surface area contributed by atoms with Crippen molar-refractivity contribution < 1.29 is 66.3 Å². The van der Waals surface area contributed by atoms with Crippen LogP contribution in [0.25, 0.3) is 11.0 Å². The van der Waals surface area contributed by atoms with Crippen molar-refractivity contribution in [3.8, 4) is 0 Å². The van der Waals surface area contributed by atoms with Crippen LogP contribution >= 0.6 is 0 Å². The molecular formula is C80H142N12O14Si2. The van der Waals surface area contributed by atoms with Gasteiger partial charge >= 0.3 is 5.97 Å². The number of carbonyl (C=O) groups is 11. The lowest BCUT2D eigenvalue weighted by Gasteiger charge is -2.44. The van der Waals surface area contributed by atoms with E-state index >= 15 is 38.4 Å². The molecule has 0 spiro atoms. The summed E-state index contributed by atoms with van der Waals surface area (Å²) in [4.78, 5) is 185. The summed E-state index contributed by atoms with van der Waals surface area (Å²) in [6.07, 6.45) is -2.73. The van der Waals surface area contributed by atoms with Crippen LogP contribution in [0.4, 0.5) is 0 Å². The van der Waals surface area contributed by atoms with Crippen LogP contribution in [0.3, 0.4) is 0 Å². The van der Waals surface area contributed by atoms with Gasteiger partial charge in [0.15, 0.2) is 22.7 Å². The summed E-state index contributed by atoms with van der Waals surface area (Å²) in [6, 6.07) is -0.175. The first kappa shape index (κ1) is 95.4.